The summed E-state index contributed by atoms with van der Waals surface area (Å²) in [5.41, 5.74) is 0.911. The van der Waals surface area contributed by atoms with Crippen molar-refractivity contribution in [2.45, 2.75) is 32.9 Å². The minimum atomic E-state index is -0.227. The van der Waals surface area contributed by atoms with Gasteiger partial charge in [-0.05, 0) is 26.3 Å². The van der Waals surface area contributed by atoms with Gasteiger partial charge in [0.2, 0.25) is 5.91 Å². The number of benzene rings is 1. The van der Waals surface area contributed by atoms with Crippen LogP contribution in [0, 0.1) is 0 Å². The van der Waals surface area contributed by atoms with Gasteiger partial charge in [-0.1, -0.05) is 30.3 Å². The summed E-state index contributed by atoms with van der Waals surface area (Å²) in [6.07, 6.45) is 0. The molecule has 0 fully saturated rings. The molecule has 0 unspecified atom stereocenters. The highest BCUT2D eigenvalue weighted by Crippen LogP contribution is 2.05. The molecule has 1 aromatic rings. The standard InChI is InChI=1S/C15H24N2O2/c1-15(2,3)16-14(19)12-17(9-10-18)11-13-7-5-4-6-8-13/h4-8,18H,9-12H2,1-3H3,(H,16,19). The van der Waals surface area contributed by atoms with E-state index in [1.54, 1.807) is 0 Å². The topological polar surface area (TPSA) is 52.6 Å². The minimum Gasteiger partial charge on any atom is -0.395 e. The van der Waals surface area contributed by atoms with Crippen molar-refractivity contribution in [3.63, 3.8) is 0 Å². The van der Waals surface area contributed by atoms with E-state index in [4.69, 9.17) is 5.11 Å². The van der Waals surface area contributed by atoms with Crippen LogP contribution < -0.4 is 5.32 Å². The molecule has 1 rings (SSSR count). The van der Waals surface area contributed by atoms with E-state index in [-0.39, 0.29) is 18.1 Å². The summed E-state index contributed by atoms with van der Waals surface area (Å²) in [4.78, 5) is 13.8. The van der Waals surface area contributed by atoms with Crippen LogP contribution in [0.25, 0.3) is 0 Å². The van der Waals surface area contributed by atoms with Crippen molar-refractivity contribution in [2.75, 3.05) is 19.7 Å². The first-order chi connectivity index (χ1) is 8.90. The Morgan fingerprint density at radius 2 is 1.89 bits per heavy atom. The molecule has 1 amide bonds. The fraction of sp³-hybridized carbons (Fsp3) is 0.533. The summed E-state index contributed by atoms with van der Waals surface area (Å²) in [5.74, 6) is -0.0168. The highest BCUT2D eigenvalue weighted by molar-refractivity contribution is 5.78. The number of aliphatic hydroxyl groups is 1. The van der Waals surface area contributed by atoms with E-state index in [0.717, 1.165) is 5.56 Å². The van der Waals surface area contributed by atoms with Crippen LogP contribution in [0.3, 0.4) is 0 Å². The number of carbonyl (C=O) groups excluding carboxylic acids is 1. The fourth-order valence-corrected chi connectivity index (χ4v) is 1.86. The van der Waals surface area contributed by atoms with Crippen LogP contribution in [0.4, 0.5) is 0 Å². The van der Waals surface area contributed by atoms with Gasteiger partial charge in [0, 0.05) is 18.6 Å². The fourth-order valence-electron chi connectivity index (χ4n) is 1.86. The normalized spacial score (nSPS) is 11.6. The molecule has 0 aliphatic heterocycles. The lowest BCUT2D eigenvalue weighted by Crippen LogP contribution is -2.46. The molecule has 0 aliphatic rings. The van der Waals surface area contributed by atoms with E-state index in [9.17, 15) is 4.79 Å². The van der Waals surface area contributed by atoms with Gasteiger partial charge in [0.15, 0.2) is 0 Å². The number of hydrogen-bond donors (Lipinski definition) is 2. The minimum absolute atomic E-state index is 0.0168. The molecular weight excluding hydrogens is 240 g/mol. The second kappa shape index (κ2) is 7.26. The Kier molecular flexibility index (Phi) is 5.99. The molecule has 0 radical (unpaired) electrons. The molecule has 0 heterocycles. The SMILES string of the molecule is CC(C)(C)NC(=O)CN(CCO)Cc1ccccc1. The van der Waals surface area contributed by atoms with Crippen LogP contribution in [0.1, 0.15) is 26.3 Å². The lowest BCUT2D eigenvalue weighted by atomic mass is 10.1. The second-order valence-corrected chi connectivity index (χ2v) is 5.72. The average Bonchev–Trinajstić information content (AvgIpc) is 2.27. The number of amides is 1. The molecule has 4 heteroatoms. The van der Waals surface area contributed by atoms with Crippen molar-refractivity contribution in [3.8, 4) is 0 Å². The molecule has 0 saturated carbocycles. The third-order valence-electron chi connectivity index (χ3n) is 2.55. The van der Waals surface area contributed by atoms with Gasteiger partial charge in [-0.25, -0.2) is 0 Å². The maximum Gasteiger partial charge on any atom is 0.234 e. The third-order valence-corrected chi connectivity index (χ3v) is 2.55. The van der Waals surface area contributed by atoms with Crippen molar-refractivity contribution in [1.82, 2.24) is 10.2 Å². The average molecular weight is 264 g/mol. The molecule has 0 saturated heterocycles. The molecule has 1 aromatic carbocycles. The van der Waals surface area contributed by atoms with Gasteiger partial charge in [0.05, 0.1) is 13.2 Å². The third kappa shape index (κ3) is 6.94. The van der Waals surface area contributed by atoms with E-state index in [1.807, 2.05) is 56.0 Å². The molecule has 0 aromatic heterocycles. The van der Waals surface area contributed by atoms with Crippen molar-refractivity contribution >= 4 is 5.91 Å². The first-order valence-corrected chi connectivity index (χ1v) is 6.59. The molecule has 106 valence electrons. The Hall–Kier alpha value is -1.39. The molecule has 4 nitrogen and oxygen atoms in total. The first kappa shape index (κ1) is 15.7. The molecule has 19 heavy (non-hydrogen) atoms. The molecule has 2 N–H and O–H groups in total. The number of nitrogens with one attached hydrogen (secondary N) is 1. The predicted octanol–water partition coefficient (Wildman–Crippen LogP) is 1.40. The van der Waals surface area contributed by atoms with E-state index in [0.29, 0.717) is 19.6 Å². The number of hydrogen-bond acceptors (Lipinski definition) is 3. The van der Waals surface area contributed by atoms with Gasteiger partial charge < -0.3 is 10.4 Å². The Morgan fingerprint density at radius 1 is 1.26 bits per heavy atom. The highest BCUT2D eigenvalue weighted by atomic mass is 16.3. The van der Waals surface area contributed by atoms with Crippen LogP contribution in [0.5, 0.6) is 0 Å². The van der Waals surface area contributed by atoms with Crippen LogP contribution >= 0.6 is 0 Å². The van der Waals surface area contributed by atoms with Crippen molar-refractivity contribution in [2.24, 2.45) is 0 Å². The zero-order chi connectivity index (χ0) is 14.3. The largest absolute Gasteiger partial charge is 0.395 e. The number of aliphatic hydroxyl groups excluding tert-OH is 1. The number of carbonyl (C=O) groups is 1. The zero-order valence-electron chi connectivity index (χ0n) is 12.0. The van der Waals surface area contributed by atoms with E-state index >= 15 is 0 Å². The molecule has 0 aliphatic carbocycles. The molecular formula is C15H24N2O2. The van der Waals surface area contributed by atoms with E-state index in [1.165, 1.54) is 0 Å². The van der Waals surface area contributed by atoms with Gasteiger partial charge >= 0.3 is 0 Å². The van der Waals surface area contributed by atoms with Gasteiger partial charge in [0.1, 0.15) is 0 Å². The van der Waals surface area contributed by atoms with Crippen molar-refractivity contribution < 1.29 is 9.90 Å². The van der Waals surface area contributed by atoms with Gasteiger partial charge in [-0.15, -0.1) is 0 Å². The van der Waals surface area contributed by atoms with Crippen LogP contribution in [0.15, 0.2) is 30.3 Å². The zero-order valence-corrected chi connectivity index (χ0v) is 12.0. The summed E-state index contributed by atoms with van der Waals surface area (Å²) >= 11 is 0. The Labute approximate surface area is 115 Å². The van der Waals surface area contributed by atoms with Gasteiger partial charge in [-0.2, -0.15) is 0 Å². The quantitative estimate of drug-likeness (QED) is 0.816. The summed E-state index contributed by atoms with van der Waals surface area (Å²) in [7, 11) is 0. The van der Waals surface area contributed by atoms with Gasteiger partial charge in [0.25, 0.3) is 0 Å². The lowest BCUT2D eigenvalue weighted by Gasteiger charge is -2.25. The highest BCUT2D eigenvalue weighted by Gasteiger charge is 2.16. The summed E-state index contributed by atoms with van der Waals surface area (Å²) in [5, 5.41) is 12.0. The Balaban J connectivity index is 2.55. The summed E-state index contributed by atoms with van der Waals surface area (Å²) in [6, 6.07) is 9.95. The summed E-state index contributed by atoms with van der Waals surface area (Å²) in [6.45, 7) is 7.38. The first-order valence-electron chi connectivity index (χ1n) is 6.59. The van der Waals surface area contributed by atoms with Gasteiger partial charge in [-0.3, -0.25) is 9.69 Å². The van der Waals surface area contributed by atoms with Crippen molar-refractivity contribution in [3.05, 3.63) is 35.9 Å². The van der Waals surface area contributed by atoms with Crippen LogP contribution in [-0.4, -0.2) is 41.1 Å². The van der Waals surface area contributed by atoms with Crippen LogP contribution in [-0.2, 0) is 11.3 Å². The van der Waals surface area contributed by atoms with E-state index in [2.05, 4.69) is 5.32 Å². The Morgan fingerprint density at radius 3 is 2.42 bits per heavy atom. The molecule has 0 spiro atoms. The lowest BCUT2D eigenvalue weighted by molar-refractivity contribution is -0.123. The molecule has 0 atom stereocenters. The molecule has 0 bridgehead atoms. The smallest absolute Gasteiger partial charge is 0.234 e. The van der Waals surface area contributed by atoms with Crippen molar-refractivity contribution in [1.29, 1.82) is 0 Å². The second-order valence-electron chi connectivity index (χ2n) is 5.72. The van der Waals surface area contributed by atoms with E-state index < -0.39 is 0 Å². The monoisotopic (exact) mass is 264 g/mol. The number of nitrogens with zero attached hydrogens (tertiary/aromatic N) is 1. The van der Waals surface area contributed by atoms with Crippen LogP contribution in [0.2, 0.25) is 0 Å². The summed E-state index contributed by atoms with van der Waals surface area (Å²) < 4.78 is 0. The number of rotatable bonds is 6. The predicted molar refractivity (Wildman–Crippen MR) is 76.7 cm³/mol. The Bertz CT molecular complexity index is 385. The maximum absolute atomic E-state index is 11.9. The maximum atomic E-state index is 11.9.